The summed E-state index contributed by atoms with van der Waals surface area (Å²) in [5, 5.41) is 1.88. The maximum Gasteiger partial charge on any atom is 0.244 e. The van der Waals surface area contributed by atoms with Crippen LogP contribution >= 0.6 is 11.3 Å². The first kappa shape index (κ1) is 14.0. The highest BCUT2D eigenvalue weighted by atomic mass is 32.2. The van der Waals surface area contributed by atoms with Crippen molar-refractivity contribution < 1.29 is 8.42 Å². The fourth-order valence-corrected chi connectivity index (χ4v) is 5.72. The zero-order valence-corrected chi connectivity index (χ0v) is 12.5. The molecule has 102 valence electrons. The SMILES string of the molecule is Cc1csc(CN)c1S(=O)(=O)N1CCCC(C)C1. The molecule has 1 atom stereocenters. The second-order valence-electron chi connectivity index (χ2n) is 4.99. The lowest BCUT2D eigenvalue weighted by Gasteiger charge is -2.30. The van der Waals surface area contributed by atoms with Gasteiger partial charge in [0.15, 0.2) is 0 Å². The van der Waals surface area contributed by atoms with Crippen molar-refractivity contribution in [2.45, 2.75) is 38.1 Å². The van der Waals surface area contributed by atoms with Crippen LogP contribution in [0.15, 0.2) is 10.3 Å². The Balaban J connectivity index is 2.38. The number of hydrogen-bond donors (Lipinski definition) is 1. The van der Waals surface area contributed by atoms with Crippen LogP contribution < -0.4 is 5.73 Å². The van der Waals surface area contributed by atoms with E-state index in [0.29, 0.717) is 23.9 Å². The van der Waals surface area contributed by atoms with E-state index in [-0.39, 0.29) is 6.54 Å². The van der Waals surface area contributed by atoms with Crippen LogP contribution in [0.5, 0.6) is 0 Å². The molecule has 18 heavy (non-hydrogen) atoms. The third-order valence-corrected chi connectivity index (χ3v) is 6.74. The van der Waals surface area contributed by atoms with Gasteiger partial charge in [-0.05, 0) is 36.6 Å². The molecule has 1 aromatic rings. The lowest BCUT2D eigenvalue weighted by Crippen LogP contribution is -2.39. The normalized spacial score (nSPS) is 22.3. The number of nitrogens with zero attached hydrogens (tertiary/aromatic N) is 1. The Labute approximate surface area is 113 Å². The summed E-state index contributed by atoms with van der Waals surface area (Å²) in [7, 11) is -3.36. The predicted octanol–water partition coefficient (Wildman–Crippen LogP) is 1.94. The highest BCUT2D eigenvalue weighted by Crippen LogP contribution is 2.31. The Morgan fingerprint density at radius 3 is 2.89 bits per heavy atom. The molecule has 1 unspecified atom stereocenters. The Kier molecular flexibility index (Phi) is 4.11. The standard InChI is InChI=1S/C12H20N2O2S2/c1-9-4-3-5-14(7-9)18(15,16)12-10(2)8-17-11(12)6-13/h8-9H,3-7,13H2,1-2H3. The zero-order valence-electron chi connectivity index (χ0n) is 10.8. The molecule has 0 aromatic carbocycles. The second kappa shape index (κ2) is 5.28. The highest BCUT2D eigenvalue weighted by molar-refractivity contribution is 7.89. The van der Waals surface area contributed by atoms with Gasteiger partial charge in [-0.25, -0.2) is 8.42 Å². The van der Waals surface area contributed by atoms with Gasteiger partial charge >= 0.3 is 0 Å². The molecule has 6 heteroatoms. The van der Waals surface area contributed by atoms with Crippen LogP contribution in [-0.4, -0.2) is 25.8 Å². The highest BCUT2D eigenvalue weighted by Gasteiger charge is 2.32. The van der Waals surface area contributed by atoms with Crippen LogP contribution in [0.4, 0.5) is 0 Å². The average molecular weight is 288 g/mol. The van der Waals surface area contributed by atoms with Gasteiger partial charge in [0.2, 0.25) is 10.0 Å². The molecule has 0 bridgehead atoms. The topological polar surface area (TPSA) is 63.4 Å². The molecule has 0 saturated carbocycles. The van der Waals surface area contributed by atoms with Gasteiger partial charge in [0.25, 0.3) is 0 Å². The van der Waals surface area contributed by atoms with Crippen molar-refractivity contribution in [3.05, 3.63) is 15.8 Å². The number of aryl methyl sites for hydroxylation is 1. The number of nitrogens with two attached hydrogens (primary N) is 1. The third-order valence-electron chi connectivity index (χ3n) is 3.39. The van der Waals surface area contributed by atoms with Crippen molar-refractivity contribution in [2.75, 3.05) is 13.1 Å². The monoisotopic (exact) mass is 288 g/mol. The van der Waals surface area contributed by atoms with Crippen molar-refractivity contribution in [1.29, 1.82) is 0 Å². The van der Waals surface area contributed by atoms with E-state index in [1.165, 1.54) is 11.3 Å². The third kappa shape index (κ3) is 2.47. The molecule has 1 aliphatic rings. The minimum Gasteiger partial charge on any atom is -0.326 e. The molecule has 2 rings (SSSR count). The Hall–Kier alpha value is -0.430. The minimum absolute atomic E-state index is 0.288. The molecule has 4 nitrogen and oxygen atoms in total. The summed E-state index contributed by atoms with van der Waals surface area (Å²) >= 11 is 1.44. The molecule has 0 spiro atoms. The van der Waals surface area contributed by atoms with E-state index in [1.807, 2.05) is 12.3 Å². The van der Waals surface area contributed by atoms with Crippen LogP contribution in [0, 0.1) is 12.8 Å². The lowest BCUT2D eigenvalue weighted by atomic mass is 10.0. The summed E-state index contributed by atoms with van der Waals surface area (Å²) in [6.45, 7) is 5.49. The van der Waals surface area contributed by atoms with E-state index in [2.05, 4.69) is 6.92 Å². The smallest absolute Gasteiger partial charge is 0.244 e. The Morgan fingerprint density at radius 1 is 1.56 bits per heavy atom. The summed E-state index contributed by atoms with van der Waals surface area (Å²) in [4.78, 5) is 1.22. The molecule has 0 amide bonds. The molecular weight excluding hydrogens is 268 g/mol. The fourth-order valence-electron chi connectivity index (χ4n) is 2.47. The Morgan fingerprint density at radius 2 is 2.28 bits per heavy atom. The molecule has 1 aliphatic heterocycles. The molecule has 2 heterocycles. The van der Waals surface area contributed by atoms with Gasteiger partial charge < -0.3 is 5.73 Å². The first-order valence-corrected chi connectivity index (χ1v) is 8.56. The second-order valence-corrected chi connectivity index (χ2v) is 7.82. The van der Waals surface area contributed by atoms with Crippen molar-refractivity contribution in [1.82, 2.24) is 4.31 Å². The van der Waals surface area contributed by atoms with Crippen LogP contribution in [-0.2, 0) is 16.6 Å². The van der Waals surface area contributed by atoms with Gasteiger partial charge in [-0.15, -0.1) is 11.3 Å². The summed E-state index contributed by atoms with van der Waals surface area (Å²) in [5.41, 5.74) is 6.46. The first-order chi connectivity index (χ1) is 8.46. The van der Waals surface area contributed by atoms with Crippen LogP contribution in [0.3, 0.4) is 0 Å². The first-order valence-electron chi connectivity index (χ1n) is 6.24. The number of thiophene rings is 1. The largest absolute Gasteiger partial charge is 0.326 e. The quantitative estimate of drug-likeness (QED) is 0.924. The van der Waals surface area contributed by atoms with E-state index in [9.17, 15) is 8.42 Å². The summed E-state index contributed by atoms with van der Waals surface area (Å²) in [5.74, 6) is 0.439. The number of hydrogen-bond acceptors (Lipinski definition) is 4. The van der Waals surface area contributed by atoms with Gasteiger partial charge in [-0.1, -0.05) is 6.92 Å². The maximum atomic E-state index is 12.7. The van der Waals surface area contributed by atoms with Crippen LogP contribution in [0.2, 0.25) is 0 Å². The Bertz CT molecular complexity index is 522. The maximum absolute atomic E-state index is 12.7. The molecule has 2 N–H and O–H groups in total. The zero-order chi connectivity index (χ0) is 13.3. The summed E-state index contributed by atoms with van der Waals surface area (Å²) < 4.78 is 27.0. The van der Waals surface area contributed by atoms with E-state index >= 15 is 0 Å². The number of piperidine rings is 1. The molecule has 0 radical (unpaired) electrons. The van der Waals surface area contributed by atoms with Gasteiger partial charge in [-0.2, -0.15) is 4.31 Å². The fraction of sp³-hybridized carbons (Fsp3) is 0.667. The molecular formula is C12H20N2O2S2. The van der Waals surface area contributed by atoms with Gasteiger partial charge in [0.05, 0.1) is 0 Å². The minimum atomic E-state index is -3.36. The van der Waals surface area contributed by atoms with Crippen molar-refractivity contribution in [3.8, 4) is 0 Å². The molecule has 1 aromatic heterocycles. The van der Waals surface area contributed by atoms with E-state index in [1.54, 1.807) is 4.31 Å². The van der Waals surface area contributed by atoms with Gasteiger partial charge in [-0.3, -0.25) is 0 Å². The van der Waals surface area contributed by atoms with E-state index < -0.39 is 10.0 Å². The molecule has 1 saturated heterocycles. The average Bonchev–Trinajstić information content (AvgIpc) is 2.71. The van der Waals surface area contributed by atoms with E-state index in [0.717, 1.165) is 23.3 Å². The summed E-state index contributed by atoms with van der Waals surface area (Å²) in [6.07, 6.45) is 2.06. The van der Waals surface area contributed by atoms with Crippen LogP contribution in [0.25, 0.3) is 0 Å². The van der Waals surface area contributed by atoms with Crippen molar-refractivity contribution in [3.63, 3.8) is 0 Å². The van der Waals surface area contributed by atoms with Gasteiger partial charge in [0.1, 0.15) is 4.90 Å². The summed E-state index contributed by atoms with van der Waals surface area (Å²) in [6, 6.07) is 0. The molecule has 1 fully saturated rings. The van der Waals surface area contributed by atoms with Crippen molar-refractivity contribution in [2.24, 2.45) is 11.7 Å². The number of sulfonamides is 1. The van der Waals surface area contributed by atoms with Crippen molar-refractivity contribution >= 4 is 21.4 Å². The van der Waals surface area contributed by atoms with E-state index in [4.69, 9.17) is 5.73 Å². The van der Waals surface area contributed by atoms with Crippen LogP contribution in [0.1, 0.15) is 30.2 Å². The van der Waals surface area contributed by atoms with Gasteiger partial charge in [0, 0.05) is 24.5 Å². The predicted molar refractivity (Wildman–Crippen MR) is 74.1 cm³/mol. The number of rotatable bonds is 3. The molecule has 0 aliphatic carbocycles. The lowest BCUT2D eigenvalue weighted by molar-refractivity contribution is 0.281.